The first-order valence-corrected chi connectivity index (χ1v) is 4.96. The van der Waals surface area contributed by atoms with Crippen molar-refractivity contribution in [3.05, 3.63) is 33.2 Å². The van der Waals surface area contributed by atoms with E-state index in [0.29, 0.717) is 12.1 Å². The van der Waals surface area contributed by atoms with E-state index in [1.54, 1.807) is 0 Å². The number of hydrogen-bond donors (Lipinski definition) is 3. The molecule has 0 spiro atoms. The van der Waals surface area contributed by atoms with Crippen LogP contribution in [0.5, 0.6) is 0 Å². The molecule has 1 aliphatic rings. The van der Waals surface area contributed by atoms with Crippen molar-refractivity contribution >= 4 is 0 Å². The number of aromatic amines is 1. The predicted octanol–water partition coefficient (Wildman–Crippen LogP) is -0.478. The van der Waals surface area contributed by atoms with Gasteiger partial charge in [0.25, 0.3) is 5.56 Å². The minimum Gasteiger partial charge on any atom is -0.326 e. The summed E-state index contributed by atoms with van der Waals surface area (Å²) in [5.41, 5.74) is 8.44. The van der Waals surface area contributed by atoms with Crippen LogP contribution in [0.2, 0.25) is 0 Å². The van der Waals surface area contributed by atoms with Crippen LogP contribution < -0.4 is 16.6 Å². The average Bonchev–Trinajstić information content (AvgIpc) is 2.41. The molecular weight excluding hydrogens is 178 g/mol. The van der Waals surface area contributed by atoms with Crippen molar-refractivity contribution in [3.63, 3.8) is 0 Å². The molecule has 0 aliphatic carbocycles. The molecular formula is C10H15N3O. The second-order valence-electron chi connectivity index (χ2n) is 3.58. The van der Waals surface area contributed by atoms with Crippen LogP contribution in [0.15, 0.2) is 10.9 Å². The maximum absolute atomic E-state index is 11.5. The maximum Gasteiger partial charge on any atom is 0.252 e. The Bertz CT molecular complexity index is 383. The third-order valence-corrected chi connectivity index (χ3v) is 2.63. The molecule has 0 fully saturated rings. The lowest BCUT2D eigenvalue weighted by molar-refractivity contribution is 0.708. The summed E-state index contributed by atoms with van der Waals surface area (Å²) in [5, 5.41) is 3.30. The summed E-state index contributed by atoms with van der Waals surface area (Å²) in [7, 11) is 0. The number of H-pyrrole nitrogens is 1. The molecule has 2 rings (SSSR count). The standard InChI is InChI=1S/C10H15N3O/c11-6-8-5-7-1-3-12-4-2-9(7)13-10(8)14/h5,12H,1-4,6,11H2,(H,13,14). The summed E-state index contributed by atoms with van der Waals surface area (Å²) in [6, 6.07) is 1.95. The molecule has 0 saturated heterocycles. The molecule has 0 bridgehead atoms. The zero-order valence-corrected chi connectivity index (χ0v) is 8.10. The Labute approximate surface area is 82.5 Å². The van der Waals surface area contributed by atoms with Crippen LogP contribution in [0, 0.1) is 0 Å². The Balaban J connectivity index is 2.46. The number of nitrogens with one attached hydrogen (secondary N) is 2. The summed E-state index contributed by atoms with van der Waals surface area (Å²) in [6.07, 6.45) is 1.87. The molecule has 1 aliphatic heterocycles. The first kappa shape index (κ1) is 9.43. The van der Waals surface area contributed by atoms with Crippen molar-refractivity contribution < 1.29 is 0 Å². The molecule has 76 valence electrons. The van der Waals surface area contributed by atoms with Crippen LogP contribution in [0.3, 0.4) is 0 Å². The monoisotopic (exact) mass is 193 g/mol. The van der Waals surface area contributed by atoms with Crippen LogP contribution in [0.1, 0.15) is 16.8 Å². The second-order valence-corrected chi connectivity index (χ2v) is 3.58. The smallest absolute Gasteiger partial charge is 0.252 e. The molecule has 4 nitrogen and oxygen atoms in total. The van der Waals surface area contributed by atoms with Gasteiger partial charge < -0.3 is 16.0 Å². The van der Waals surface area contributed by atoms with Crippen LogP contribution in [0.4, 0.5) is 0 Å². The number of rotatable bonds is 1. The molecule has 0 unspecified atom stereocenters. The van der Waals surface area contributed by atoms with E-state index in [-0.39, 0.29) is 5.56 Å². The SMILES string of the molecule is NCc1cc2c([nH]c1=O)CCNCC2. The molecule has 2 heterocycles. The molecule has 0 aromatic carbocycles. The van der Waals surface area contributed by atoms with E-state index in [4.69, 9.17) is 5.73 Å². The van der Waals surface area contributed by atoms with Gasteiger partial charge in [-0.05, 0) is 24.6 Å². The number of fused-ring (bicyclic) bond motifs is 1. The van der Waals surface area contributed by atoms with Crippen molar-refractivity contribution in [2.45, 2.75) is 19.4 Å². The summed E-state index contributed by atoms with van der Waals surface area (Å²) >= 11 is 0. The number of hydrogen-bond acceptors (Lipinski definition) is 3. The van der Waals surface area contributed by atoms with E-state index in [1.165, 1.54) is 5.56 Å². The Hall–Kier alpha value is -1.13. The van der Waals surface area contributed by atoms with E-state index in [0.717, 1.165) is 31.6 Å². The van der Waals surface area contributed by atoms with Gasteiger partial charge in [0.15, 0.2) is 0 Å². The topological polar surface area (TPSA) is 70.9 Å². The lowest BCUT2D eigenvalue weighted by atomic mass is 10.1. The largest absolute Gasteiger partial charge is 0.326 e. The fraction of sp³-hybridized carbons (Fsp3) is 0.500. The highest BCUT2D eigenvalue weighted by molar-refractivity contribution is 5.27. The molecule has 4 heteroatoms. The fourth-order valence-electron chi connectivity index (χ4n) is 1.82. The molecule has 0 atom stereocenters. The lowest BCUT2D eigenvalue weighted by Gasteiger charge is -2.06. The van der Waals surface area contributed by atoms with Crippen LogP contribution in [0.25, 0.3) is 0 Å². The highest BCUT2D eigenvalue weighted by atomic mass is 16.1. The van der Waals surface area contributed by atoms with Gasteiger partial charge in [-0.1, -0.05) is 0 Å². The molecule has 14 heavy (non-hydrogen) atoms. The average molecular weight is 193 g/mol. The van der Waals surface area contributed by atoms with Gasteiger partial charge >= 0.3 is 0 Å². The van der Waals surface area contributed by atoms with Crippen LogP contribution in [-0.2, 0) is 19.4 Å². The Morgan fingerprint density at radius 2 is 2.14 bits per heavy atom. The third kappa shape index (κ3) is 1.71. The van der Waals surface area contributed by atoms with Gasteiger partial charge in [0.2, 0.25) is 0 Å². The summed E-state index contributed by atoms with van der Waals surface area (Å²) in [4.78, 5) is 14.4. The molecule has 1 aromatic heterocycles. The van der Waals surface area contributed by atoms with Gasteiger partial charge in [-0.2, -0.15) is 0 Å². The van der Waals surface area contributed by atoms with Gasteiger partial charge in [-0.15, -0.1) is 0 Å². The summed E-state index contributed by atoms with van der Waals surface area (Å²) in [5.74, 6) is 0. The number of pyridine rings is 1. The van der Waals surface area contributed by atoms with E-state index in [2.05, 4.69) is 10.3 Å². The zero-order chi connectivity index (χ0) is 9.97. The quantitative estimate of drug-likeness (QED) is 0.564. The molecule has 1 aromatic rings. The highest BCUT2D eigenvalue weighted by Gasteiger charge is 2.10. The first-order valence-electron chi connectivity index (χ1n) is 4.96. The van der Waals surface area contributed by atoms with Gasteiger partial charge in [-0.25, -0.2) is 0 Å². The minimum atomic E-state index is -0.0341. The van der Waals surface area contributed by atoms with Gasteiger partial charge in [0, 0.05) is 30.8 Å². The third-order valence-electron chi connectivity index (χ3n) is 2.63. The number of nitrogens with two attached hydrogens (primary N) is 1. The van der Waals surface area contributed by atoms with Gasteiger partial charge in [0.05, 0.1) is 0 Å². The molecule has 4 N–H and O–H groups in total. The Morgan fingerprint density at radius 3 is 2.93 bits per heavy atom. The molecule has 0 amide bonds. The van der Waals surface area contributed by atoms with Crippen molar-refractivity contribution in [1.82, 2.24) is 10.3 Å². The summed E-state index contributed by atoms with van der Waals surface area (Å²) in [6.45, 7) is 2.23. The number of aromatic nitrogens is 1. The van der Waals surface area contributed by atoms with Gasteiger partial charge in [0.1, 0.15) is 0 Å². The first-order chi connectivity index (χ1) is 6.81. The fourth-order valence-corrected chi connectivity index (χ4v) is 1.82. The van der Waals surface area contributed by atoms with E-state index < -0.39 is 0 Å². The van der Waals surface area contributed by atoms with E-state index in [1.807, 2.05) is 6.07 Å². The van der Waals surface area contributed by atoms with E-state index >= 15 is 0 Å². The summed E-state index contributed by atoms with van der Waals surface area (Å²) < 4.78 is 0. The normalized spacial score (nSPS) is 16.1. The lowest BCUT2D eigenvalue weighted by Crippen LogP contribution is -2.19. The highest BCUT2D eigenvalue weighted by Crippen LogP contribution is 2.09. The second kappa shape index (κ2) is 3.94. The van der Waals surface area contributed by atoms with Crippen molar-refractivity contribution in [2.75, 3.05) is 13.1 Å². The van der Waals surface area contributed by atoms with Crippen LogP contribution in [-0.4, -0.2) is 18.1 Å². The molecule has 0 radical (unpaired) electrons. The minimum absolute atomic E-state index is 0.0341. The van der Waals surface area contributed by atoms with Crippen molar-refractivity contribution in [2.24, 2.45) is 5.73 Å². The van der Waals surface area contributed by atoms with E-state index in [9.17, 15) is 4.79 Å². The van der Waals surface area contributed by atoms with Crippen molar-refractivity contribution in [1.29, 1.82) is 0 Å². The molecule has 0 saturated carbocycles. The predicted molar refractivity (Wildman–Crippen MR) is 55.2 cm³/mol. The Kier molecular flexibility index (Phi) is 2.65. The van der Waals surface area contributed by atoms with Crippen LogP contribution >= 0.6 is 0 Å². The Morgan fingerprint density at radius 1 is 1.36 bits per heavy atom. The maximum atomic E-state index is 11.5. The van der Waals surface area contributed by atoms with Gasteiger partial charge in [-0.3, -0.25) is 4.79 Å². The van der Waals surface area contributed by atoms with Crippen molar-refractivity contribution in [3.8, 4) is 0 Å². The zero-order valence-electron chi connectivity index (χ0n) is 8.10.